The highest BCUT2D eigenvalue weighted by Crippen LogP contribution is 2.51. The van der Waals surface area contributed by atoms with Crippen molar-refractivity contribution in [2.45, 2.75) is 13.5 Å². The van der Waals surface area contributed by atoms with E-state index >= 15 is 0 Å². The van der Waals surface area contributed by atoms with E-state index in [4.69, 9.17) is 26.8 Å². The van der Waals surface area contributed by atoms with E-state index in [0.29, 0.717) is 22.5 Å². The Labute approximate surface area is 267 Å². The van der Waals surface area contributed by atoms with Crippen LogP contribution in [0.5, 0.6) is 34.5 Å². The molecule has 0 atom stereocenters. The van der Waals surface area contributed by atoms with E-state index in [1.54, 1.807) is 13.0 Å². The van der Waals surface area contributed by atoms with Crippen molar-refractivity contribution < 1.29 is 52.0 Å². The molecular formula is C29H30N2O12S3. The Bertz CT molecular complexity index is 2080. The second-order valence-electron chi connectivity index (χ2n) is 9.79. The van der Waals surface area contributed by atoms with Crippen LogP contribution in [0.3, 0.4) is 0 Å². The highest BCUT2D eigenvalue weighted by Gasteiger charge is 2.27. The number of nitrogens with zero attached hydrogens (tertiary/aromatic N) is 2. The number of ether oxygens (including phenoxy) is 3. The van der Waals surface area contributed by atoms with Crippen LogP contribution in [0.2, 0.25) is 0 Å². The molecule has 4 rings (SSSR count). The Hall–Kier alpha value is -4.61. The molecule has 0 saturated carbocycles. The minimum absolute atomic E-state index is 0.0259. The number of methoxy groups -OCH3 is 2. The summed E-state index contributed by atoms with van der Waals surface area (Å²) in [7, 11) is -9.35. The largest absolute Gasteiger partial charge is 0.496 e. The van der Waals surface area contributed by atoms with E-state index in [2.05, 4.69) is 9.97 Å². The molecule has 246 valence electrons. The first-order valence-electron chi connectivity index (χ1n) is 13.1. The summed E-state index contributed by atoms with van der Waals surface area (Å²) in [5, 5.41) is 0. The Morgan fingerprint density at radius 1 is 0.630 bits per heavy atom. The molecule has 14 nitrogen and oxygen atoms in total. The summed E-state index contributed by atoms with van der Waals surface area (Å²) in [5.41, 5.74) is 2.21. The molecule has 46 heavy (non-hydrogen) atoms. The van der Waals surface area contributed by atoms with Crippen molar-refractivity contribution in [1.82, 2.24) is 9.97 Å². The maximum absolute atomic E-state index is 12.5. The first-order chi connectivity index (χ1) is 21.5. The summed E-state index contributed by atoms with van der Waals surface area (Å²) in [5.74, 6) is -0.300. The van der Waals surface area contributed by atoms with Gasteiger partial charge in [-0.1, -0.05) is 18.2 Å². The highest BCUT2D eigenvalue weighted by molar-refractivity contribution is 7.86. The summed E-state index contributed by atoms with van der Waals surface area (Å²) in [6.45, 7) is 1.69. The lowest BCUT2D eigenvalue weighted by Crippen LogP contribution is -2.10. The third-order valence-electron chi connectivity index (χ3n) is 6.09. The zero-order valence-electron chi connectivity index (χ0n) is 25.5. The molecule has 0 amide bonds. The average molecular weight is 695 g/mol. The normalized spacial score (nSPS) is 11.9. The number of aryl methyl sites for hydroxylation is 1. The monoisotopic (exact) mass is 694 g/mol. The Balaban J connectivity index is 1.91. The zero-order valence-corrected chi connectivity index (χ0v) is 27.9. The molecule has 0 fully saturated rings. The number of aromatic nitrogens is 2. The topological polar surface area (TPSA) is 184 Å². The molecule has 0 spiro atoms. The van der Waals surface area contributed by atoms with Crippen molar-refractivity contribution in [1.29, 1.82) is 0 Å². The third kappa shape index (κ3) is 8.76. The predicted octanol–water partition coefficient (Wildman–Crippen LogP) is 3.73. The fourth-order valence-corrected chi connectivity index (χ4v) is 5.68. The first-order valence-corrected chi connectivity index (χ1v) is 18.5. The molecule has 1 heterocycles. The van der Waals surface area contributed by atoms with E-state index in [-0.39, 0.29) is 52.2 Å². The first kappa shape index (κ1) is 34.3. The van der Waals surface area contributed by atoms with Crippen molar-refractivity contribution in [3.05, 3.63) is 72.3 Å². The predicted molar refractivity (Wildman–Crippen MR) is 168 cm³/mol. The zero-order chi connectivity index (χ0) is 33.9. The van der Waals surface area contributed by atoms with Crippen molar-refractivity contribution in [2.75, 3.05) is 33.0 Å². The number of benzene rings is 3. The summed E-state index contributed by atoms with van der Waals surface area (Å²) in [6, 6.07) is 11.7. The summed E-state index contributed by atoms with van der Waals surface area (Å²) in [6.07, 6.45) is 5.63. The number of hydrogen-bond donors (Lipinski definition) is 0. The summed E-state index contributed by atoms with van der Waals surface area (Å²) < 4.78 is 105. The minimum Gasteiger partial charge on any atom is -0.496 e. The maximum atomic E-state index is 12.5. The van der Waals surface area contributed by atoms with Crippen LogP contribution in [-0.2, 0) is 37.0 Å². The maximum Gasteiger partial charge on any atom is 0.306 e. The van der Waals surface area contributed by atoms with Crippen LogP contribution in [0.25, 0.3) is 22.3 Å². The van der Waals surface area contributed by atoms with Crippen LogP contribution in [0.15, 0.2) is 60.9 Å². The van der Waals surface area contributed by atoms with Gasteiger partial charge in [0.1, 0.15) is 18.1 Å². The van der Waals surface area contributed by atoms with Crippen LogP contribution >= 0.6 is 0 Å². The lowest BCUT2D eigenvalue weighted by molar-refractivity contribution is 0.290. The van der Waals surface area contributed by atoms with Gasteiger partial charge in [0.25, 0.3) is 0 Å². The molecule has 0 aliphatic heterocycles. The molecule has 0 aliphatic rings. The van der Waals surface area contributed by atoms with Gasteiger partial charge in [-0.15, -0.1) is 0 Å². The molecule has 4 aromatic rings. The Kier molecular flexibility index (Phi) is 9.98. The smallest absolute Gasteiger partial charge is 0.306 e. The van der Waals surface area contributed by atoms with Gasteiger partial charge in [0.05, 0.1) is 49.9 Å². The second-order valence-corrected chi connectivity index (χ2v) is 14.5. The van der Waals surface area contributed by atoms with Crippen LogP contribution in [0, 0.1) is 6.92 Å². The molecule has 1 aromatic heterocycles. The SMILES string of the molecule is COc1cc(-c2ccc(OS(C)(=O)=O)cc2)c(OC)c(OS(C)(=O)=O)c1-c1ccc(OCc2nccnc2C)c(OS(C)(=O)=O)c1. The molecule has 0 radical (unpaired) electrons. The van der Waals surface area contributed by atoms with E-state index in [0.717, 1.165) is 18.8 Å². The van der Waals surface area contributed by atoms with Crippen molar-refractivity contribution in [2.24, 2.45) is 0 Å². The Morgan fingerprint density at radius 3 is 1.80 bits per heavy atom. The lowest BCUT2D eigenvalue weighted by Gasteiger charge is -2.21. The van der Waals surface area contributed by atoms with Gasteiger partial charge in [0, 0.05) is 18.0 Å². The third-order valence-corrected chi connectivity index (χ3v) is 7.54. The summed E-state index contributed by atoms with van der Waals surface area (Å²) in [4.78, 5) is 8.38. The summed E-state index contributed by atoms with van der Waals surface area (Å²) >= 11 is 0. The van der Waals surface area contributed by atoms with Gasteiger partial charge in [-0.2, -0.15) is 25.3 Å². The average Bonchev–Trinajstić information content (AvgIpc) is 2.94. The number of hydrogen-bond acceptors (Lipinski definition) is 14. The van der Waals surface area contributed by atoms with Gasteiger partial charge in [0.15, 0.2) is 23.0 Å². The van der Waals surface area contributed by atoms with Crippen molar-refractivity contribution in [3.8, 4) is 56.8 Å². The van der Waals surface area contributed by atoms with Gasteiger partial charge in [-0.05, 0) is 48.4 Å². The van der Waals surface area contributed by atoms with Crippen LogP contribution < -0.4 is 26.8 Å². The number of rotatable bonds is 13. The fraction of sp³-hybridized carbons (Fsp3) is 0.241. The van der Waals surface area contributed by atoms with E-state index < -0.39 is 30.4 Å². The molecular weight excluding hydrogens is 665 g/mol. The standard InChI is InChI=1S/C29H30N2O12S3/c1-18-23(31-14-13-30-18)17-40-24-12-9-20(15-25(24)42-45(5,34)35)27-26(38-2)16-22(28(39-3)29(27)43-46(6,36)37)19-7-10-21(11-8-19)41-44(4,32)33/h7-16H,17H2,1-6H3. The molecule has 0 N–H and O–H groups in total. The van der Waals surface area contributed by atoms with Crippen LogP contribution in [-0.4, -0.2) is 68.2 Å². The quantitative estimate of drug-likeness (QED) is 0.184. The van der Waals surface area contributed by atoms with Crippen LogP contribution in [0.1, 0.15) is 11.4 Å². The molecule has 17 heteroatoms. The second kappa shape index (κ2) is 13.4. The fourth-order valence-electron chi connectivity index (χ4n) is 4.30. The molecule has 0 unspecified atom stereocenters. The van der Waals surface area contributed by atoms with Crippen molar-refractivity contribution >= 4 is 30.4 Å². The molecule has 0 saturated heterocycles. The van der Waals surface area contributed by atoms with E-state index in [1.807, 2.05) is 0 Å². The van der Waals surface area contributed by atoms with Gasteiger partial charge in [0.2, 0.25) is 0 Å². The van der Waals surface area contributed by atoms with Gasteiger partial charge in [-0.3, -0.25) is 9.97 Å². The minimum atomic E-state index is -4.17. The van der Waals surface area contributed by atoms with Gasteiger partial charge >= 0.3 is 30.4 Å². The van der Waals surface area contributed by atoms with Gasteiger partial charge < -0.3 is 26.8 Å². The van der Waals surface area contributed by atoms with E-state index in [9.17, 15) is 25.3 Å². The van der Waals surface area contributed by atoms with Crippen LogP contribution in [0.4, 0.5) is 0 Å². The highest BCUT2D eigenvalue weighted by atomic mass is 32.2. The molecule has 3 aromatic carbocycles. The Morgan fingerprint density at radius 2 is 1.24 bits per heavy atom. The lowest BCUT2D eigenvalue weighted by atomic mass is 9.96. The molecule has 0 aliphatic carbocycles. The van der Waals surface area contributed by atoms with Crippen molar-refractivity contribution in [3.63, 3.8) is 0 Å². The van der Waals surface area contributed by atoms with Gasteiger partial charge in [-0.25, -0.2) is 0 Å². The molecule has 0 bridgehead atoms. The van der Waals surface area contributed by atoms with E-state index in [1.165, 1.54) is 69.1 Å².